The van der Waals surface area contributed by atoms with E-state index in [9.17, 15) is 5.11 Å². The molecule has 2 rings (SSSR count). The highest BCUT2D eigenvalue weighted by molar-refractivity contribution is 5.31. The van der Waals surface area contributed by atoms with Gasteiger partial charge in [-0.2, -0.15) is 0 Å². The van der Waals surface area contributed by atoms with Crippen molar-refractivity contribution in [3.05, 3.63) is 29.8 Å². The molecule has 1 aliphatic rings. The van der Waals surface area contributed by atoms with Crippen LogP contribution in [0, 0.1) is 0 Å². The number of hydrogen-bond acceptors (Lipinski definition) is 3. The van der Waals surface area contributed by atoms with E-state index in [1.165, 1.54) is 0 Å². The minimum absolute atomic E-state index is 0.181. The van der Waals surface area contributed by atoms with Crippen LogP contribution in [-0.2, 0) is 5.60 Å². The Balaban J connectivity index is 2.11. The van der Waals surface area contributed by atoms with E-state index in [-0.39, 0.29) is 6.10 Å². The number of β-amino-alcohol motifs (C(OH)–C–C–N with tert-alkyl or cyclic N) is 1. The standard InChI is InChI=1S/C14H21NO2/c1-11(2)17-13-6-4-12(5-7-13)14(16)8-3-9-15-10-14/h4-7,11,15-16H,3,8-10H2,1-2H3. The van der Waals surface area contributed by atoms with E-state index >= 15 is 0 Å². The monoisotopic (exact) mass is 235 g/mol. The smallest absolute Gasteiger partial charge is 0.119 e. The molecular formula is C14H21NO2. The summed E-state index contributed by atoms with van der Waals surface area (Å²) in [6.07, 6.45) is 2.02. The van der Waals surface area contributed by atoms with Gasteiger partial charge in [0.15, 0.2) is 0 Å². The number of ether oxygens (including phenoxy) is 1. The molecule has 2 N–H and O–H groups in total. The molecule has 1 aromatic carbocycles. The van der Waals surface area contributed by atoms with E-state index in [2.05, 4.69) is 5.32 Å². The van der Waals surface area contributed by atoms with Gasteiger partial charge in [-0.1, -0.05) is 12.1 Å². The lowest BCUT2D eigenvalue weighted by Crippen LogP contribution is -2.43. The van der Waals surface area contributed by atoms with Gasteiger partial charge in [-0.25, -0.2) is 0 Å². The normalized spacial score (nSPS) is 24.9. The van der Waals surface area contributed by atoms with Gasteiger partial charge in [0.2, 0.25) is 0 Å². The summed E-state index contributed by atoms with van der Waals surface area (Å²) in [5, 5.41) is 13.8. The fourth-order valence-electron chi connectivity index (χ4n) is 2.25. The summed E-state index contributed by atoms with van der Waals surface area (Å²) in [7, 11) is 0. The first-order valence-corrected chi connectivity index (χ1v) is 6.30. The Labute approximate surface area is 103 Å². The van der Waals surface area contributed by atoms with E-state index in [1.807, 2.05) is 38.1 Å². The Bertz CT molecular complexity index is 353. The number of benzene rings is 1. The lowest BCUT2D eigenvalue weighted by Gasteiger charge is -2.33. The molecule has 0 aliphatic carbocycles. The number of hydrogen-bond donors (Lipinski definition) is 2. The van der Waals surface area contributed by atoms with Crippen molar-refractivity contribution >= 4 is 0 Å². The number of nitrogens with one attached hydrogen (secondary N) is 1. The lowest BCUT2D eigenvalue weighted by molar-refractivity contribution is 0.0122. The van der Waals surface area contributed by atoms with Gasteiger partial charge in [-0.05, 0) is 50.9 Å². The maximum absolute atomic E-state index is 10.5. The number of aliphatic hydroxyl groups is 1. The van der Waals surface area contributed by atoms with Crippen LogP contribution in [0.25, 0.3) is 0 Å². The van der Waals surface area contributed by atoms with Crippen LogP contribution in [0.1, 0.15) is 32.3 Å². The summed E-state index contributed by atoms with van der Waals surface area (Å²) < 4.78 is 5.59. The number of rotatable bonds is 3. The summed E-state index contributed by atoms with van der Waals surface area (Å²) in [6.45, 7) is 5.65. The van der Waals surface area contributed by atoms with Crippen molar-refractivity contribution in [1.82, 2.24) is 5.32 Å². The highest BCUT2D eigenvalue weighted by Gasteiger charge is 2.30. The van der Waals surface area contributed by atoms with Crippen LogP contribution in [0.4, 0.5) is 0 Å². The van der Waals surface area contributed by atoms with Crippen molar-refractivity contribution in [2.24, 2.45) is 0 Å². The molecular weight excluding hydrogens is 214 g/mol. The quantitative estimate of drug-likeness (QED) is 0.842. The minimum Gasteiger partial charge on any atom is -0.491 e. The van der Waals surface area contributed by atoms with Crippen LogP contribution in [0.15, 0.2) is 24.3 Å². The van der Waals surface area contributed by atoms with Crippen molar-refractivity contribution in [2.75, 3.05) is 13.1 Å². The highest BCUT2D eigenvalue weighted by atomic mass is 16.5. The average molecular weight is 235 g/mol. The number of piperidine rings is 1. The van der Waals surface area contributed by atoms with Crippen LogP contribution in [-0.4, -0.2) is 24.3 Å². The second-order valence-corrected chi connectivity index (χ2v) is 5.00. The minimum atomic E-state index is -0.714. The van der Waals surface area contributed by atoms with Crippen LogP contribution in [0.5, 0.6) is 5.75 Å². The third kappa shape index (κ3) is 2.99. The Hall–Kier alpha value is -1.06. The molecule has 17 heavy (non-hydrogen) atoms. The molecule has 0 saturated carbocycles. The molecule has 3 heteroatoms. The Morgan fingerprint density at radius 2 is 2.00 bits per heavy atom. The first-order chi connectivity index (χ1) is 8.10. The molecule has 1 atom stereocenters. The zero-order valence-electron chi connectivity index (χ0n) is 10.6. The highest BCUT2D eigenvalue weighted by Crippen LogP contribution is 2.29. The van der Waals surface area contributed by atoms with Gasteiger partial charge in [-0.15, -0.1) is 0 Å². The van der Waals surface area contributed by atoms with Gasteiger partial charge in [0.05, 0.1) is 6.10 Å². The summed E-state index contributed by atoms with van der Waals surface area (Å²) in [6, 6.07) is 7.79. The van der Waals surface area contributed by atoms with Crippen molar-refractivity contribution < 1.29 is 9.84 Å². The molecule has 1 unspecified atom stereocenters. The SMILES string of the molecule is CC(C)Oc1ccc(C2(O)CCCNC2)cc1. The van der Waals surface area contributed by atoms with Crippen molar-refractivity contribution in [2.45, 2.75) is 38.4 Å². The Morgan fingerprint density at radius 3 is 2.53 bits per heavy atom. The van der Waals surface area contributed by atoms with Crippen LogP contribution < -0.4 is 10.1 Å². The molecule has 0 amide bonds. The summed E-state index contributed by atoms with van der Waals surface area (Å²) in [4.78, 5) is 0. The molecule has 94 valence electrons. The predicted octanol–water partition coefficient (Wildman–Crippen LogP) is 2.04. The third-order valence-electron chi connectivity index (χ3n) is 3.12. The second kappa shape index (κ2) is 5.07. The van der Waals surface area contributed by atoms with Gasteiger partial charge >= 0.3 is 0 Å². The van der Waals surface area contributed by atoms with E-state index in [1.54, 1.807) is 0 Å². The molecule has 1 aliphatic heterocycles. The first kappa shape index (κ1) is 12.4. The topological polar surface area (TPSA) is 41.5 Å². The molecule has 1 heterocycles. The van der Waals surface area contributed by atoms with Crippen LogP contribution in [0.2, 0.25) is 0 Å². The van der Waals surface area contributed by atoms with Gasteiger partial charge in [0, 0.05) is 6.54 Å². The largest absolute Gasteiger partial charge is 0.491 e. The molecule has 0 aromatic heterocycles. The molecule has 0 spiro atoms. The third-order valence-corrected chi connectivity index (χ3v) is 3.12. The molecule has 1 saturated heterocycles. The van der Waals surface area contributed by atoms with Gasteiger partial charge in [0.1, 0.15) is 11.4 Å². The Morgan fingerprint density at radius 1 is 1.29 bits per heavy atom. The first-order valence-electron chi connectivity index (χ1n) is 6.30. The van der Waals surface area contributed by atoms with Crippen molar-refractivity contribution in [1.29, 1.82) is 0 Å². The fraction of sp³-hybridized carbons (Fsp3) is 0.571. The van der Waals surface area contributed by atoms with Crippen molar-refractivity contribution in [3.8, 4) is 5.75 Å². The molecule has 3 nitrogen and oxygen atoms in total. The zero-order chi connectivity index (χ0) is 12.3. The van der Waals surface area contributed by atoms with E-state index < -0.39 is 5.60 Å². The summed E-state index contributed by atoms with van der Waals surface area (Å²) >= 11 is 0. The zero-order valence-corrected chi connectivity index (χ0v) is 10.6. The van der Waals surface area contributed by atoms with E-state index in [0.29, 0.717) is 6.54 Å². The van der Waals surface area contributed by atoms with Gasteiger partial charge < -0.3 is 15.2 Å². The summed E-state index contributed by atoms with van der Waals surface area (Å²) in [5.41, 5.74) is 0.259. The van der Waals surface area contributed by atoms with Crippen LogP contribution >= 0.6 is 0 Å². The molecule has 1 aromatic rings. The van der Waals surface area contributed by atoms with Crippen molar-refractivity contribution in [3.63, 3.8) is 0 Å². The second-order valence-electron chi connectivity index (χ2n) is 5.00. The van der Waals surface area contributed by atoms with Gasteiger partial charge in [-0.3, -0.25) is 0 Å². The summed E-state index contributed by atoms with van der Waals surface area (Å²) in [5.74, 6) is 0.858. The lowest BCUT2D eigenvalue weighted by atomic mass is 9.87. The van der Waals surface area contributed by atoms with E-state index in [0.717, 1.165) is 30.7 Å². The fourth-order valence-corrected chi connectivity index (χ4v) is 2.25. The average Bonchev–Trinajstić information content (AvgIpc) is 2.30. The molecule has 0 radical (unpaired) electrons. The Kier molecular flexibility index (Phi) is 3.69. The van der Waals surface area contributed by atoms with E-state index in [4.69, 9.17) is 4.74 Å². The predicted molar refractivity (Wildman–Crippen MR) is 68.2 cm³/mol. The van der Waals surface area contributed by atoms with Crippen LogP contribution in [0.3, 0.4) is 0 Å². The molecule has 0 bridgehead atoms. The maximum Gasteiger partial charge on any atom is 0.119 e. The van der Waals surface area contributed by atoms with Gasteiger partial charge in [0.25, 0.3) is 0 Å². The molecule has 1 fully saturated rings. The maximum atomic E-state index is 10.5.